The number of hydrogen-bond acceptors (Lipinski definition) is 2. The van der Waals surface area contributed by atoms with Crippen LogP contribution >= 0.6 is 11.6 Å². The summed E-state index contributed by atoms with van der Waals surface area (Å²) in [6.07, 6.45) is 5.87. The van der Waals surface area contributed by atoms with E-state index in [0.717, 1.165) is 6.54 Å². The van der Waals surface area contributed by atoms with Gasteiger partial charge >= 0.3 is 0 Å². The van der Waals surface area contributed by atoms with Gasteiger partial charge in [0.05, 0.1) is 0 Å². The van der Waals surface area contributed by atoms with Gasteiger partial charge in [0.15, 0.2) is 0 Å². The first-order valence-electron chi connectivity index (χ1n) is 5.02. The number of halogens is 1. The predicted molar refractivity (Wildman–Crippen MR) is 57.6 cm³/mol. The fourth-order valence-corrected chi connectivity index (χ4v) is 2.02. The highest BCUT2D eigenvalue weighted by Gasteiger charge is 2.23. The van der Waals surface area contributed by atoms with Crippen molar-refractivity contribution in [1.82, 2.24) is 10.4 Å². The van der Waals surface area contributed by atoms with Crippen LogP contribution in [-0.4, -0.2) is 23.6 Å². The average Bonchev–Trinajstić information content (AvgIpc) is 2.10. The third-order valence-electron chi connectivity index (χ3n) is 2.67. The van der Waals surface area contributed by atoms with Crippen LogP contribution in [0.1, 0.15) is 33.1 Å². The Kier molecular flexibility index (Phi) is 4.78. The molecule has 3 heteroatoms. The van der Waals surface area contributed by atoms with Gasteiger partial charge in [-0.15, -0.1) is 0 Å². The van der Waals surface area contributed by atoms with E-state index in [1.807, 2.05) is 6.08 Å². The molecule has 0 saturated carbocycles. The molecule has 0 bridgehead atoms. The van der Waals surface area contributed by atoms with Crippen LogP contribution in [0.15, 0.2) is 11.6 Å². The molecule has 2 unspecified atom stereocenters. The molecule has 1 saturated heterocycles. The van der Waals surface area contributed by atoms with Crippen LogP contribution in [0.5, 0.6) is 0 Å². The molecule has 13 heavy (non-hydrogen) atoms. The molecule has 0 aromatic heterocycles. The summed E-state index contributed by atoms with van der Waals surface area (Å²) < 4.78 is 0. The van der Waals surface area contributed by atoms with Crippen LogP contribution in [0, 0.1) is 0 Å². The van der Waals surface area contributed by atoms with E-state index < -0.39 is 0 Å². The van der Waals surface area contributed by atoms with E-state index >= 15 is 0 Å². The maximum absolute atomic E-state index is 5.45. The zero-order chi connectivity index (χ0) is 9.68. The summed E-state index contributed by atoms with van der Waals surface area (Å²) >= 11 is 5.45. The van der Waals surface area contributed by atoms with Crippen molar-refractivity contribution in [2.45, 2.75) is 45.2 Å². The van der Waals surface area contributed by atoms with Crippen LogP contribution in [-0.2, 0) is 0 Å². The highest BCUT2D eigenvalue weighted by molar-refractivity contribution is 6.25. The molecule has 1 N–H and O–H groups in total. The summed E-state index contributed by atoms with van der Waals surface area (Å²) in [5.41, 5.74) is 4.95. The minimum absolute atomic E-state index is 0.646. The molecule has 1 heterocycles. The quantitative estimate of drug-likeness (QED) is 0.757. The van der Waals surface area contributed by atoms with Gasteiger partial charge in [0.1, 0.15) is 0 Å². The summed E-state index contributed by atoms with van der Waals surface area (Å²) in [4.78, 5) is 0. The molecular weight excluding hydrogens is 184 g/mol. The molecule has 0 aromatic rings. The van der Waals surface area contributed by atoms with Gasteiger partial charge in [-0.3, -0.25) is 5.43 Å². The molecule has 0 aromatic carbocycles. The van der Waals surface area contributed by atoms with Gasteiger partial charge in [0.25, 0.3) is 0 Å². The summed E-state index contributed by atoms with van der Waals surface area (Å²) in [7, 11) is 0. The Morgan fingerprint density at radius 1 is 1.38 bits per heavy atom. The molecule has 1 aliphatic heterocycles. The topological polar surface area (TPSA) is 15.3 Å². The number of rotatable bonds is 3. The molecule has 2 atom stereocenters. The van der Waals surface area contributed by atoms with Crippen LogP contribution in [0.3, 0.4) is 0 Å². The van der Waals surface area contributed by atoms with Crippen LogP contribution in [0.4, 0.5) is 0 Å². The predicted octanol–water partition coefficient (Wildman–Crippen LogP) is 2.51. The van der Waals surface area contributed by atoms with Crippen molar-refractivity contribution in [2.75, 3.05) is 6.54 Å². The Balaban J connectivity index is 2.35. The van der Waals surface area contributed by atoms with Crippen LogP contribution < -0.4 is 5.43 Å². The SMILES string of the molecule is CC1CCCC(C)N1NC/C=C/Cl. The van der Waals surface area contributed by atoms with E-state index in [4.69, 9.17) is 11.6 Å². The number of piperidine rings is 1. The Labute approximate surface area is 85.9 Å². The van der Waals surface area contributed by atoms with Gasteiger partial charge in [0, 0.05) is 24.2 Å². The normalized spacial score (nSPS) is 31.3. The van der Waals surface area contributed by atoms with E-state index in [1.54, 1.807) is 5.54 Å². The number of nitrogens with zero attached hydrogens (tertiary/aromatic N) is 1. The Bertz CT molecular complexity index is 160. The van der Waals surface area contributed by atoms with Crippen LogP contribution in [0.2, 0.25) is 0 Å². The summed E-state index contributed by atoms with van der Waals surface area (Å²) in [6, 6.07) is 1.29. The Hall–Kier alpha value is -0.0500. The molecule has 2 nitrogen and oxygen atoms in total. The van der Waals surface area contributed by atoms with E-state index in [-0.39, 0.29) is 0 Å². The zero-order valence-electron chi connectivity index (χ0n) is 8.46. The third kappa shape index (κ3) is 3.29. The second kappa shape index (κ2) is 5.63. The summed E-state index contributed by atoms with van der Waals surface area (Å²) in [5, 5.41) is 2.35. The minimum atomic E-state index is 0.646. The van der Waals surface area contributed by atoms with Crippen molar-refractivity contribution in [2.24, 2.45) is 0 Å². The molecule has 1 rings (SSSR count). The molecule has 76 valence electrons. The first-order chi connectivity index (χ1) is 6.25. The maximum Gasteiger partial charge on any atom is 0.0294 e. The maximum atomic E-state index is 5.45. The first kappa shape index (κ1) is 11.0. The van der Waals surface area contributed by atoms with Crippen LogP contribution in [0.25, 0.3) is 0 Å². The van der Waals surface area contributed by atoms with Gasteiger partial charge < -0.3 is 0 Å². The standard InChI is InChI=1S/C10H19ClN2/c1-9-5-3-6-10(2)13(9)12-8-4-7-11/h4,7,9-10,12H,3,5-6,8H2,1-2H3/b7-4+. The van der Waals surface area contributed by atoms with E-state index in [9.17, 15) is 0 Å². The first-order valence-corrected chi connectivity index (χ1v) is 5.46. The molecule has 1 aliphatic rings. The van der Waals surface area contributed by atoms with Gasteiger partial charge in [-0.2, -0.15) is 0 Å². The lowest BCUT2D eigenvalue weighted by Gasteiger charge is -2.38. The van der Waals surface area contributed by atoms with Gasteiger partial charge in [-0.05, 0) is 26.7 Å². The highest BCUT2D eigenvalue weighted by atomic mass is 35.5. The lowest BCUT2D eigenvalue weighted by Crippen LogP contribution is -2.51. The number of hydrogen-bond donors (Lipinski definition) is 1. The largest absolute Gasteiger partial charge is 0.251 e. The Morgan fingerprint density at radius 3 is 2.54 bits per heavy atom. The average molecular weight is 203 g/mol. The summed E-state index contributed by atoms with van der Waals surface area (Å²) in [5.74, 6) is 0. The Morgan fingerprint density at radius 2 is 2.00 bits per heavy atom. The smallest absolute Gasteiger partial charge is 0.0294 e. The third-order valence-corrected chi connectivity index (χ3v) is 2.85. The molecular formula is C10H19ClN2. The van der Waals surface area contributed by atoms with Crippen molar-refractivity contribution < 1.29 is 0 Å². The lowest BCUT2D eigenvalue weighted by atomic mass is 10.00. The summed E-state index contributed by atoms with van der Waals surface area (Å²) in [6.45, 7) is 5.37. The fraction of sp³-hybridized carbons (Fsp3) is 0.800. The van der Waals surface area contributed by atoms with Crippen molar-refractivity contribution in [1.29, 1.82) is 0 Å². The van der Waals surface area contributed by atoms with Crippen molar-refractivity contribution in [3.8, 4) is 0 Å². The molecule has 0 radical (unpaired) electrons. The second-order valence-corrected chi connectivity index (χ2v) is 4.01. The van der Waals surface area contributed by atoms with Crippen molar-refractivity contribution >= 4 is 11.6 Å². The zero-order valence-corrected chi connectivity index (χ0v) is 9.22. The molecule has 0 aliphatic carbocycles. The molecule has 0 amide bonds. The minimum Gasteiger partial charge on any atom is -0.251 e. The van der Waals surface area contributed by atoms with Crippen molar-refractivity contribution in [3.63, 3.8) is 0 Å². The number of hydrazine groups is 1. The van der Waals surface area contributed by atoms with Gasteiger partial charge in [0.2, 0.25) is 0 Å². The second-order valence-electron chi connectivity index (χ2n) is 3.76. The van der Waals surface area contributed by atoms with E-state index in [2.05, 4.69) is 24.3 Å². The highest BCUT2D eigenvalue weighted by Crippen LogP contribution is 2.19. The van der Waals surface area contributed by atoms with Gasteiger partial charge in [-0.25, -0.2) is 5.01 Å². The number of nitrogens with one attached hydrogen (secondary N) is 1. The van der Waals surface area contributed by atoms with Crippen molar-refractivity contribution in [3.05, 3.63) is 11.6 Å². The monoisotopic (exact) mass is 202 g/mol. The lowest BCUT2D eigenvalue weighted by molar-refractivity contribution is 0.0513. The fourth-order valence-electron chi connectivity index (χ4n) is 1.94. The van der Waals surface area contributed by atoms with E-state index in [1.165, 1.54) is 19.3 Å². The molecule has 1 fully saturated rings. The van der Waals surface area contributed by atoms with E-state index in [0.29, 0.717) is 12.1 Å². The molecule has 0 spiro atoms. The van der Waals surface area contributed by atoms with Gasteiger partial charge in [-0.1, -0.05) is 24.1 Å².